The van der Waals surface area contributed by atoms with Crippen molar-refractivity contribution in [3.05, 3.63) is 49.4 Å². The van der Waals surface area contributed by atoms with Crippen LogP contribution in [-0.4, -0.2) is 46.7 Å². The van der Waals surface area contributed by atoms with Crippen molar-refractivity contribution in [2.75, 3.05) is 18.5 Å². The number of hydrogen-bond donors (Lipinski definition) is 3. The minimum absolute atomic E-state index is 0.0104. The van der Waals surface area contributed by atoms with E-state index in [-0.39, 0.29) is 39.9 Å². The predicted molar refractivity (Wildman–Crippen MR) is 143 cm³/mol. The van der Waals surface area contributed by atoms with Crippen molar-refractivity contribution >= 4 is 88.0 Å². The first-order valence-electron chi connectivity index (χ1n) is 9.76. The van der Waals surface area contributed by atoms with E-state index in [2.05, 4.69) is 19.0 Å². The molecule has 3 N–H and O–H groups in total. The summed E-state index contributed by atoms with van der Waals surface area (Å²) in [5.74, 6) is 0. The highest BCUT2D eigenvalue weighted by Gasteiger charge is 2.51. The number of aryl methyl sites for hydroxylation is 1. The zero-order valence-electron chi connectivity index (χ0n) is 19.3. The van der Waals surface area contributed by atoms with E-state index in [4.69, 9.17) is 57.2 Å². The molecule has 0 fully saturated rings. The minimum Gasteiger partial charge on any atom is -0.329 e. The first kappa shape index (κ1) is 35.9. The minimum atomic E-state index is -4.32. The van der Waals surface area contributed by atoms with Gasteiger partial charge < -0.3 is 25.2 Å². The van der Waals surface area contributed by atoms with Crippen molar-refractivity contribution < 1.29 is 31.2 Å². The summed E-state index contributed by atoms with van der Waals surface area (Å²) < 4.78 is 65.4. The number of nitrogens with zero attached hydrogens (tertiary/aromatic N) is 2. The summed E-state index contributed by atoms with van der Waals surface area (Å²) >= 11 is 24.3. The highest BCUT2D eigenvalue weighted by molar-refractivity contribution is 9.11. The largest absolute Gasteiger partial charge is 0.410 e. The Hall–Kier alpha value is -1.05. The summed E-state index contributed by atoms with van der Waals surface area (Å²) in [7, 11) is -4.32. The fraction of sp³-hybridized carbons (Fsp3) is 0.368. The first-order valence-corrected chi connectivity index (χ1v) is 13.6. The van der Waals surface area contributed by atoms with Crippen LogP contribution in [0.25, 0.3) is 0 Å². The van der Waals surface area contributed by atoms with Gasteiger partial charge in [-0.05, 0) is 38.5 Å². The third-order valence-corrected chi connectivity index (χ3v) is 7.71. The highest BCUT2D eigenvalue weighted by atomic mass is 79.9. The molecule has 2 heterocycles. The number of halogens is 9. The van der Waals surface area contributed by atoms with Crippen molar-refractivity contribution in [2.45, 2.75) is 31.9 Å². The molecule has 0 bridgehead atoms. The molecule has 8 nitrogen and oxygen atoms in total. The SMILES string of the molecule is CCOP(=O)(OCC)C(F)(F)Br.Cc1cc(Cl)nc(Cl)c1C=N.N=Cc1c(NC(F)F)cc(Cl)nc1Cl. The molecule has 0 unspecified atom stereocenters. The molecule has 0 radical (unpaired) electrons. The van der Waals surface area contributed by atoms with Gasteiger partial charge in [0.05, 0.1) is 24.5 Å². The molecule has 0 saturated heterocycles. The summed E-state index contributed by atoms with van der Waals surface area (Å²) in [5.41, 5.74) is 1.55. The molecule has 0 aromatic carbocycles. The number of alkyl halides is 5. The van der Waals surface area contributed by atoms with Gasteiger partial charge in [-0.1, -0.05) is 46.4 Å². The van der Waals surface area contributed by atoms with E-state index in [9.17, 15) is 22.1 Å². The molecule has 0 aliphatic heterocycles. The Bertz CT molecular complexity index is 1080. The van der Waals surface area contributed by atoms with Gasteiger partial charge in [0.1, 0.15) is 20.6 Å². The third kappa shape index (κ3) is 12.1. The molecular formula is C19H21BrCl4F4N5O3P. The summed E-state index contributed by atoms with van der Waals surface area (Å²) in [6.45, 7) is 1.84. The molecule has 18 heteroatoms. The summed E-state index contributed by atoms with van der Waals surface area (Å²) in [4.78, 5) is 7.39. The highest BCUT2D eigenvalue weighted by Crippen LogP contribution is 2.64. The van der Waals surface area contributed by atoms with Crippen LogP contribution in [0.4, 0.5) is 23.2 Å². The van der Waals surface area contributed by atoms with Crippen LogP contribution >= 0.6 is 69.9 Å². The van der Waals surface area contributed by atoms with Gasteiger partial charge in [0.15, 0.2) is 0 Å². The molecule has 0 atom stereocenters. The maximum atomic E-state index is 12.5. The van der Waals surface area contributed by atoms with Crippen molar-refractivity contribution in [1.29, 1.82) is 10.8 Å². The maximum Gasteiger partial charge on any atom is 0.410 e. The van der Waals surface area contributed by atoms with Crippen molar-refractivity contribution in [3.63, 3.8) is 0 Å². The van der Waals surface area contributed by atoms with Gasteiger partial charge in [0.2, 0.25) is 0 Å². The third-order valence-electron chi connectivity index (χ3n) is 3.63. The van der Waals surface area contributed by atoms with Crippen LogP contribution < -0.4 is 5.32 Å². The monoisotopic (exact) mass is 693 g/mol. The number of hydrogen-bond acceptors (Lipinski definition) is 8. The van der Waals surface area contributed by atoms with Crippen LogP contribution in [0.2, 0.25) is 20.6 Å². The van der Waals surface area contributed by atoms with E-state index < -0.39 is 18.7 Å². The van der Waals surface area contributed by atoms with Crippen LogP contribution in [0.1, 0.15) is 30.5 Å². The normalized spacial score (nSPS) is 11.2. The Morgan fingerprint density at radius 2 is 1.46 bits per heavy atom. The van der Waals surface area contributed by atoms with E-state index in [0.29, 0.717) is 10.7 Å². The van der Waals surface area contributed by atoms with E-state index in [1.807, 2.05) is 28.2 Å². The molecule has 0 saturated carbocycles. The molecular weight excluding hydrogens is 675 g/mol. The van der Waals surface area contributed by atoms with E-state index >= 15 is 0 Å². The van der Waals surface area contributed by atoms with E-state index in [0.717, 1.165) is 11.8 Å². The second-order valence-electron chi connectivity index (χ2n) is 6.20. The molecule has 2 aromatic heterocycles. The average molecular weight is 696 g/mol. The number of rotatable bonds is 9. The van der Waals surface area contributed by atoms with Crippen molar-refractivity contribution in [2.24, 2.45) is 0 Å². The molecule has 0 amide bonds. The molecule has 2 aromatic rings. The predicted octanol–water partition coefficient (Wildman–Crippen LogP) is 8.91. The zero-order chi connectivity index (χ0) is 29.0. The van der Waals surface area contributed by atoms with Crippen LogP contribution in [0.3, 0.4) is 0 Å². The Kier molecular flexibility index (Phi) is 16.3. The Morgan fingerprint density at radius 1 is 1.03 bits per heavy atom. The zero-order valence-corrected chi connectivity index (χ0v) is 24.8. The van der Waals surface area contributed by atoms with Crippen LogP contribution in [-0.2, 0) is 13.6 Å². The van der Waals surface area contributed by atoms with Gasteiger partial charge in [-0.15, -0.1) is 0 Å². The van der Waals surface area contributed by atoms with E-state index in [1.165, 1.54) is 26.1 Å². The average Bonchev–Trinajstić information content (AvgIpc) is 2.73. The second kappa shape index (κ2) is 16.8. The van der Waals surface area contributed by atoms with Gasteiger partial charge in [0.25, 0.3) is 0 Å². The standard InChI is InChI=1S/C7H5Cl2F2N3.C7H6Cl2N2.C5H10BrF2O3P/c8-5-1-4(13-7(10)11)3(2-12)6(9)14-5;1-4-2-6(8)11-7(9)5(4)3-10;1-3-10-12(9,11-4-2)5(6,7)8/h1-2,7,12H,(H,13,14);2-3,10H,1H3;3-4H2,1-2H3. The topological polar surface area (TPSA) is 121 Å². The van der Waals surface area contributed by atoms with Gasteiger partial charge in [0, 0.05) is 33.9 Å². The van der Waals surface area contributed by atoms with Crippen molar-refractivity contribution in [1.82, 2.24) is 9.97 Å². The summed E-state index contributed by atoms with van der Waals surface area (Å²) in [6, 6.07) is 2.85. The van der Waals surface area contributed by atoms with Crippen LogP contribution in [0.15, 0.2) is 12.1 Å². The summed E-state index contributed by atoms with van der Waals surface area (Å²) in [5, 5.41) is 16.3. The Morgan fingerprint density at radius 3 is 1.81 bits per heavy atom. The van der Waals surface area contributed by atoms with Gasteiger partial charge in [-0.2, -0.15) is 17.6 Å². The van der Waals surface area contributed by atoms with E-state index in [1.54, 1.807) is 6.07 Å². The number of nitrogens with one attached hydrogen (secondary N) is 3. The number of aromatic nitrogens is 2. The van der Waals surface area contributed by atoms with Crippen molar-refractivity contribution in [3.8, 4) is 0 Å². The van der Waals surface area contributed by atoms with Crippen LogP contribution in [0, 0.1) is 17.7 Å². The Balaban J connectivity index is 0.000000530. The van der Waals surface area contributed by atoms with Crippen LogP contribution in [0.5, 0.6) is 0 Å². The van der Waals surface area contributed by atoms with Gasteiger partial charge in [-0.3, -0.25) is 4.57 Å². The second-order valence-corrected chi connectivity index (χ2v) is 11.4. The lowest BCUT2D eigenvalue weighted by atomic mass is 10.2. The fourth-order valence-electron chi connectivity index (χ4n) is 2.17. The summed E-state index contributed by atoms with van der Waals surface area (Å²) in [6.07, 6.45) is 2.00. The molecule has 0 aliphatic rings. The lowest BCUT2D eigenvalue weighted by molar-refractivity contribution is 0.117. The molecule has 37 heavy (non-hydrogen) atoms. The number of anilines is 1. The smallest absolute Gasteiger partial charge is 0.329 e. The first-order chi connectivity index (χ1) is 17.1. The Labute approximate surface area is 239 Å². The molecule has 208 valence electrons. The van der Waals surface area contributed by atoms with Gasteiger partial charge >= 0.3 is 18.7 Å². The fourth-order valence-corrected chi connectivity index (χ4v) is 4.90. The number of pyridine rings is 2. The molecule has 0 spiro atoms. The molecule has 2 rings (SSSR count). The molecule has 0 aliphatic carbocycles. The lowest BCUT2D eigenvalue weighted by Gasteiger charge is -2.20. The maximum absolute atomic E-state index is 12.5. The quantitative estimate of drug-likeness (QED) is 0.0602. The van der Waals surface area contributed by atoms with Gasteiger partial charge in [-0.25, -0.2) is 9.97 Å². The lowest BCUT2D eigenvalue weighted by Crippen LogP contribution is -2.12.